The highest BCUT2D eigenvalue weighted by atomic mass is 19.1. The Labute approximate surface area is 155 Å². The Morgan fingerprint density at radius 3 is 2.37 bits per heavy atom. The Bertz CT molecular complexity index is 1070. The van der Waals surface area contributed by atoms with Gasteiger partial charge in [0.1, 0.15) is 11.5 Å². The van der Waals surface area contributed by atoms with E-state index in [9.17, 15) is 9.18 Å². The van der Waals surface area contributed by atoms with Gasteiger partial charge in [0.15, 0.2) is 0 Å². The van der Waals surface area contributed by atoms with Gasteiger partial charge < -0.3 is 15.0 Å². The number of imidazole rings is 1. The number of carbonyl (C=O) groups is 1. The zero-order valence-corrected chi connectivity index (χ0v) is 14.4. The second kappa shape index (κ2) is 7.29. The number of nitrogens with zero attached hydrogens (tertiary/aromatic N) is 2. The number of anilines is 3. The van der Waals surface area contributed by atoms with Gasteiger partial charge >= 0.3 is 0 Å². The summed E-state index contributed by atoms with van der Waals surface area (Å²) in [5.41, 5.74) is 3.82. The normalized spacial score (nSPS) is 10.7. The quantitative estimate of drug-likeness (QED) is 0.555. The van der Waals surface area contributed by atoms with E-state index in [-0.39, 0.29) is 18.1 Å². The number of pyridine rings is 1. The lowest BCUT2D eigenvalue weighted by molar-refractivity contribution is -0.115. The molecule has 4 rings (SSSR count). The molecule has 1 amide bonds. The molecule has 0 fully saturated rings. The fourth-order valence-electron chi connectivity index (χ4n) is 2.80. The van der Waals surface area contributed by atoms with E-state index in [1.807, 2.05) is 54.6 Å². The molecule has 2 heterocycles. The summed E-state index contributed by atoms with van der Waals surface area (Å²) in [6.45, 7) is 0. The number of amides is 1. The zero-order chi connectivity index (χ0) is 18.6. The number of benzene rings is 2. The fourth-order valence-corrected chi connectivity index (χ4v) is 2.80. The molecule has 134 valence electrons. The SMILES string of the molecule is O=C(Cc1cn2cc(F)ccc2n1)Nc1ccc(Nc2ccccc2)cc1. The number of carbonyl (C=O) groups excluding carboxylic acids is 1. The topological polar surface area (TPSA) is 58.4 Å². The highest BCUT2D eigenvalue weighted by molar-refractivity contribution is 5.92. The lowest BCUT2D eigenvalue weighted by Crippen LogP contribution is -2.14. The van der Waals surface area contributed by atoms with Crippen LogP contribution in [0.15, 0.2) is 79.1 Å². The predicted octanol–water partition coefficient (Wildman–Crippen LogP) is 4.40. The summed E-state index contributed by atoms with van der Waals surface area (Å²) < 4.78 is 14.8. The first-order valence-corrected chi connectivity index (χ1v) is 8.51. The summed E-state index contributed by atoms with van der Waals surface area (Å²) in [6.07, 6.45) is 3.11. The average molecular weight is 360 g/mol. The Kier molecular flexibility index (Phi) is 4.53. The summed E-state index contributed by atoms with van der Waals surface area (Å²) in [4.78, 5) is 16.6. The molecule has 27 heavy (non-hydrogen) atoms. The van der Waals surface area contributed by atoms with Crippen LogP contribution in [0.2, 0.25) is 0 Å². The van der Waals surface area contributed by atoms with Crippen molar-refractivity contribution in [3.63, 3.8) is 0 Å². The van der Waals surface area contributed by atoms with Gasteiger partial charge in [-0.2, -0.15) is 0 Å². The van der Waals surface area contributed by atoms with Crippen molar-refractivity contribution in [2.45, 2.75) is 6.42 Å². The molecule has 0 aliphatic carbocycles. The average Bonchev–Trinajstić information content (AvgIpc) is 3.05. The van der Waals surface area contributed by atoms with Crippen LogP contribution in [0.5, 0.6) is 0 Å². The second-order valence-electron chi connectivity index (χ2n) is 6.14. The molecular formula is C21H17FN4O. The largest absolute Gasteiger partial charge is 0.356 e. The number of rotatable bonds is 5. The molecule has 0 aliphatic heterocycles. The molecule has 0 saturated heterocycles. The summed E-state index contributed by atoms with van der Waals surface area (Å²) >= 11 is 0. The van der Waals surface area contributed by atoms with Gasteiger partial charge in [0, 0.05) is 29.5 Å². The third-order valence-corrected chi connectivity index (χ3v) is 4.04. The molecule has 0 unspecified atom stereocenters. The molecular weight excluding hydrogens is 343 g/mol. The monoisotopic (exact) mass is 360 g/mol. The number of para-hydroxylation sites is 1. The van der Waals surface area contributed by atoms with Crippen LogP contribution < -0.4 is 10.6 Å². The minimum atomic E-state index is -0.347. The molecule has 6 heteroatoms. The standard InChI is InChI=1S/C21H17FN4O/c22-15-6-11-20-24-19(14-26(20)13-15)12-21(27)25-18-9-7-17(8-10-18)23-16-4-2-1-3-5-16/h1-11,13-14,23H,12H2,(H,25,27). The molecule has 0 spiro atoms. The zero-order valence-electron chi connectivity index (χ0n) is 14.4. The molecule has 2 N–H and O–H groups in total. The van der Waals surface area contributed by atoms with Crippen molar-refractivity contribution < 1.29 is 9.18 Å². The first-order chi connectivity index (χ1) is 13.2. The maximum absolute atomic E-state index is 13.2. The van der Waals surface area contributed by atoms with Crippen LogP contribution >= 0.6 is 0 Å². The van der Waals surface area contributed by atoms with E-state index in [4.69, 9.17) is 0 Å². The molecule has 5 nitrogen and oxygen atoms in total. The van der Waals surface area contributed by atoms with E-state index in [1.54, 1.807) is 16.7 Å². The van der Waals surface area contributed by atoms with Crippen molar-refractivity contribution in [3.05, 3.63) is 90.6 Å². The minimum Gasteiger partial charge on any atom is -0.356 e. The van der Waals surface area contributed by atoms with Crippen LogP contribution in [0.1, 0.15) is 5.69 Å². The third-order valence-electron chi connectivity index (χ3n) is 4.04. The summed E-state index contributed by atoms with van der Waals surface area (Å²) in [5, 5.41) is 6.13. The Morgan fingerprint density at radius 1 is 0.889 bits per heavy atom. The lowest BCUT2D eigenvalue weighted by Gasteiger charge is -2.08. The van der Waals surface area contributed by atoms with Crippen molar-refractivity contribution in [2.75, 3.05) is 10.6 Å². The molecule has 0 radical (unpaired) electrons. The summed E-state index contributed by atoms with van der Waals surface area (Å²) in [7, 11) is 0. The van der Waals surface area contributed by atoms with Gasteiger partial charge in [0.2, 0.25) is 5.91 Å². The van der Waals surface area contributed by atoms with Crippen molar-refractivity contribution in [2.24, 2.45) is 0 Å². The summed E-state index contributed by atoms with van der Waals surface area (Å²) in [5.74, 6) is -0.525. The van der Waals surface area contributed by atoms with Gasteiger partial charge in [-0.1, -0.05) is 18.2 Å². The van der Waals surface area contributed by atoms with E-state index in [2.05, 4.69) is 15.6 Å². The van der Waals surface area contributed by atoms with Crippen LogP contribution in [-0.4, -0.2) is 15.3 Å². The number of halogens is 1. The van der Waals surface area contributed by atoms with E-state index < -0.39 is 0 Å². The van der Waals surface area contributed by atoms with Crippen molar-refractivity contribution >= 4 is 28.6 Å². The first kappa shape index (κ1) is 16.8. The van der Waals surface area contributed by atoms with Crippen molar-refractivity contribution in [1.82, 2.24) is 9.38 Å². The van der Waals surface area contributed by atoms with Crippen LogP contribution in [0, 0.1) is 5.82 Å². The van der Waals surface area contributed by atoms with E-state index in [0.717, 1.165) is 11.4 Å². The minimum absolute atomic E-state index is 0.118. The van der Waals surface area contributed by atoms with E-state index in [0.29, 0.717) is 17.0 Å². The molecule has 2 aromatic carbocycles. The van der Waals surface area contributed by atoms with Gasteiger partial charge in [0.05, 0.1) is 12.1 Å². The van der Waals surface area contributed by atoms with Crippen LogP contribution in [0.25, 0.3) is 5.65 Å². The Hall–Kier alpha value is -3.67. The molecule has 0 bridgehead atoms. The summed E-state index contributed by atoms with van der Waals surface area (Å²) in [6, 6.07) is 20.2. The predicted molar refractivity (Wildman–Crippen MR) is 104 cm³/mol. The highest BCUT2D eigenvalue weighted by Gasteiger charge is 2.09. The molecule has 0 saturated carbocycles. The first-order valence-electron chi connectivity index (χ1n) is 8.51. The number of aromatic nitrogens is 2. The van der Waals surface area contributed by atoms with E-state index >= 15 is 0 Å². The van der Waals surface area contributed by atoms with Gasteiger partial charge in [-0.15, -0.1) is 0 Å². The number of nitrogens with one attached hydrogen (secondary N) is 2. The fraction of sp³-hybridized carbons (Fsp3) is 0.0476. The van der Waals surface area contributed by atoms with Crippen LogP contribution in [0.3, 0.4) is 0 Å². The molecule has 4 aromatic rings. The number of hydrogen-bond donors (Lipinski definition) is 2. The lowest BCUT2D eigenvalue weighted by atomic mass is 10.2. The third kappa shape index (κ3) is 4.12. The number of hydrogen-bond acceptors (Lipinski definition) is 3. The van der Waals surface area contributed by atoms with Gasteiger partial charge in [-0.05, 0) is 48.5 Å². The Balaban J connectivity index is 1.38. The van der Waals surface area contributed by atoms with Crippen LogP contribution in [-0.2, 0) is 11.2 Å². The Morgan fingerprint density at radius 2 is 1.59 bits per heavy atom. The van der Waals surface area contributed by atoms with Gasteiger partial charge in [-0.25, -0.2) is 9.37 Å². The maximum Gasteiger partial charge on any atom is 0.230 e. The van der Waals surface area contributed by atoms with E-state index in [1.165, 1.54) is 12.3 Å². The molecule has 2 aromatic heterocycles. The highest BCUT2D eigenvalue weighted by Crippen LogP contribution is 2.19. The molecule has 0 aliphatic rings. The number of fused-ring (bicyclic) bond motifs is 1. The van der Waals surface area contributed by atoms with Gasteiger partial charge in [0.25, 0.3) is 0 Å². The maximum atomic E-state index is 13.2. The second-order valence-corrected chi connectivity index (χ2v) is 6.14. The van der Waals surface area contributed by atoms with Gasteiger partial charge in [-0.3, -0.25) is 4.79 Å². The van der Waals surface area contributed by atoms with Crippen molar-refractivity contribution in [3.8, 4) is 0 Å². The molecule has 0 atom stereocenters. The smallest absolute Gasteiger partial charge is 0.230 e. The van der Waals surface area contributed by atoms with Crippen molar-refractivity contribution in [1.29, 1.82) is 0 Å². The van der Waals surface area contributed by atoms with Crippen LogP contribution in [0.4, 0.5) is 21.5 Å².